The number of rotatable bonds is 0. The van der Waals surface area contributed by atoms with Gasteiger partial charge in [-0.3, -0.25) is 4.90 Å². The molecule has 132 valence electrons. The fraction of sp³-hybridized carbons (Fsp3) is 0.450. The maximum atomic E-state index is 12.3. The average Bonchev–Trinajstić information content (AvgIpc) is 3.02. The number of fused-ring (bicyclic) bond motifs is 3. The second-order valence-electron chi connectivity index (χ2n) is 6.17. The molecule has 0 saturated heterocycles. The molecule has 3 rings (SSSR count). The van der Waals surface area contributed by atoms with E-state index in [2.05, 4.69) is 29.8 Å². The van der Waals surface area contributed by atoms with Gasteiger partial charge in [0.25, 0.3) is 0 Å². The van der Waals surface area contributed by atoms with E-state index in [0.717, 1.165) is 12.1 Å². The predicted molar refractivity (Wildman–Crippen MR) is 104 cm³/mol. The normalized spacial score (nSPS) is 12.5. The van der Waals surface area contributed by atoms with Crippen molar-refractivity contribution in [3.05, 3.63) is 42.0 Å². The molecule has 0 saturated carbocycles. The molecular weight excluding hydrogens is 322 g/mol. The van der Waals surface area contributed by atoms with Crippen LogP contribution in [-0.2, 0) is 11.2 Å². The number of anilines is 1. The quantitative estimate of drug-likeness (QED) is 0.544. The second-order valence-corrected chi connectivity index (χ2v) is 6.17. The Bertz CT molecular complexity index is 677. The number of carbonyl (C=O) groups excluding carboxylic acids is 1. The fourth-order valence-electron chi connectivity index (χ4n) is 2.69. The van der Waals surface area contributed by atoms with Gasteiger partial charge >= 0.3 is 6.09 Å². The summed E-state index contributed by atoms with van der Waals surface area (Å²) in [5, 5.41) is 2.45. The Morgan fingerprint density at radius 3 is 2.33 bits per heavy atom. The van der Waals surface area contributed by atoms with E-state index in [1.54, 1.807) is 4.90 Å². The SMILES string of the molecule is CC.CC(C)(C)OC(=O)N1CCc2c1ccc1ccccc21.CCl. The Kier molecular flexibility index (Phi) is 7.56. The van der Waals surface area contributed by atoms with Crippen molar-refractivity contribution < 1.29 is 9.53 Å². The van der Waals surface area contributed by atoms with E-state index < -0.39 is 5.60 Å². The number of ether oxygens (including phenoxy) is 1. The molecule has 1 aliphatic heterocycles. The number of alkyl halides is 1. The maximum absolute atomic E-state index is 12.3. The lowest BCUT2D eigenvalue weighted by atomic mass is 10.0. The zero-order chi connectivity index (χ0) is 18.3. The zero-order valence-electron chi connectivity index (χ0n) is 15.5. The van der Waals surface area contributed by atoms with Crippen molar-refractivity contribution in [1.29, 1.82) is 0 Å². The van der Waals surface area contributed by atoms with E-state index in [9.17, 15) is 4.79 Å². The molecule has 3 nitrogen and oxygen atoms in total. The summed E-state index contributed by atoms with van der Waals surface area (Å²) in [5.74, 6) is 0. The van der Waals surface area contributed by atoms with Crippen LogP contribution in [0.3, 0.4) is 0 Å². The molecule has 1 aliphatic rings. The summed E-state index contributed by atoms with van der Waals surface area (Å²) in [5.41, 5.74) is 1.77. The van der Waals surface area contributed by atoms with Crippen LogP contribution < -0.4 is 4.90 Å². The summed E-state index contributed by atoms with van der Waals surface area (Å²) < 4.78 is 5.48. The molecule has 4 heteroatoms. The van der Waals surface area contributed by atoms with Crippen molar-refractivity contribution in [2.45, 2.75) is 46.6 Å². The molecule has 0 aromatic heterocycles. The van der Waals surface area contributed by atoms with Gasteiger partial charge in [0.1, 0.15) is 5.60 Å². The van der Waals surface area contributed by atoms with E-state index in [-0.39, 0.29) is 6.09 Å². The van der Waals surface area contributed by atoms with Gasteiger partial charge in [-0.2, -0.15) is 0 Å². The monoisotopic (exact) mass is 349 g/mol. The molecule has 0 aliphatic carbocycles. The number of carbonyl (C=O) groups is 1. The molecule has 24 heavy (non-hydrogen) atoms. The standard InChI is InChI=1S/C17H19NO2.C2H6.CH3Cl/c1-17(2,3)20-16(19)18-11-10-14-13-7-5-4-6-12(13)8-9-15(14)18;2*1-2/h4-9H,10-11H2,1-3H3;1-2H3;1H3. The van der Waals surface area contributed by atoms with Crippen LogP contribution >= 0.6 is 11.6 Å². The van der Waals surface area contributed by atoms with Gasteiger partial charge < -0.3 is 4.74 Å². The highest BCUT2D eigenvalue weighted by Crippen LogP contribution is 2.34. The molecule has 2 aromatic rings. The van der Waals surface area contributed by atoms with Crippen LogP contribution in [0.5, 0.6) is 0 Å². The van der Waals surface area contributed by atoms with Crippen LogP contribution in [0, 0.1) is 0 Å². The molecule has 1 amide bonds. The van der Waals surface area contributed by atoms with Crippen molar-refractivity contribution in [3.63, 3.8) is 0 Å². The first-order valence-corrected chi connectivity index (χ1v) is 9.10. The number of amides is 1. The third kappa shape index (κ3) is 4.64. The summed E-state index contributed by atoms with van der Waals surface area (Å²) in [6.07, 6.45) is 2.10. The third-order valence-corrected chi connectivity index (χ3v) is 3.51. The van der Waals surface area contributed by atoms with Crippen LogP contribution in [0.1, 0.15) is 40.2 Å². The van der Waals surface area contributed by atoms with Gasteiger partial charge in [-0.25, -0.2) is 4.79 Å². The minimum absolute atomic E-state index is 0.258. The lowest BCUT2D eigenvalue weighted by molar-refractivity contribution is 0.0584. The van der Waals surface area contributed by atoms with Crippen LogP contribution in [0.25, 0.3) is 10.8 Å². The van der Waals surface area contributed by atoms with E-state index >= 15 is 0 Å². The van der Waals surface area contributed by atoms with Crippen LogP contribution in [-0.4, -0.2) is 24.6 Å². The number of benzene rings is 2. The fourth-order valence-corrected chi connectivity index (χ4v) is 2.69. The molecule has 0 bridgehead atoms. The van der Waals surface area contributed by atoms with Gasteiger partial charge in [0.05, 0.1) is 5.69 Å². The lowest BCUT2D eigenvalue weighted by Gasteiger charge is -2.24. The Labute approximate surface area is 150 Å². The second kappa shape index (κ2) is 8.93. The number of hydrogen-bond donors (Lipinski definition) is 0. The molecule has 0 spiro atoms. The molecule has 0 fully saturated rings. The Morgan fingerprint density at radius 2 is 1.71 bits per heavy atom. The largest absolute Gasteiger partial charge is 0.443 e. The predicted octanol–water partition coefficient (Wildman–Crippen LogP) is 6.02. The molecule has 0 N–H and O–H groups in total. The third-order valence-electron chi connectivity index (χ3n) is 3.51. The molecule has 0 atom stereocenters. The highest BCUT2D eigenvalue weighted by molar-refractivity contribution is 6.15. The summed E-state index contributed by atoms with van der Waals surface area (Å²) in [4.78, 5) is 14.0. The summed E-state index contributed by atoms with van der Waals surface area (Å²) >= 11 is 4.64. The number of halogens is 1. The van der Waals surface area contributed by atoms with E-state index in [1.807, 2.05) is 52.8 Å². The Morgan fingerprint density at radius 1 is 1.08 bits per heavy atom. The average molecular weight is 350 g/mol. The molecular formula is C20H28ClNO2. The molecule has 0 radical (unpaired) electrons. The minimum atomic E-state index is -0.462. The first-order valence-electron chi connectivity index (χ1n) is 8.35. The first kappa shape index (κ1) is 20.3. The van der Waals surface area contributed by atoms with Gasteiger partial charge in [0.15, 0.2) is 0 Å². The smallest absolute Gasteiger partial charge is 0.414 e. The van der Waals surface area contributed by atoms with Crippen LogP contribution in [0.4, 0.5) is 10.5 Å². The van der Waals surface area contributed by atoms with Crippen molar-refractivity contribution in [2.75, 3.05) is 17.8 Å². The van der Waals surface area contributed by atoms with Crippen molar-refractivity contribution >= 4 is 34.2 Å². The van der Waals surface area contributed by atoms with Crippen LogP contribution in [0.2, 0.25) is 0 Å². The van der Waals surface area contributed by atoms with Crippen molar-refractivity contribution in [2.24, 2.45) is 0 Å². The lowest BCUT2D eigenvalue weighted by Crippen LogP contribution is -2.35. The van der Waals surface area contributed by atoms with Crippen molar-refractivity contribution in [1.82, 2.24) is 0 Å². The van der Waals surface area contributed by atoms with Gasteiger partial charge in [-0.05, 0) is 49.6 Å². The van der Waals surface area contributed by atoms with E-state index in [0.29, 0.717) is 6.54 Å². The Balaban J connectivity index is 0.000000671. The summed E-state index contributed by atoms with van der Waals surface area (Å²) in [7, 11) is 0. The molecule has 1 heterocycles. The summed E-state index contributed by atoms with van der Waals surface area (Å²) in [6, 6.07) is 12.4. The van der Waals surface area contributed by atoms with Gasteiger partial charge in [-0.1, -0.05) is 44.2 Å². The number of hydrogen-bond acceptors (Lipinski definition) is 2. The summed E-state index contributed by atoms with van der Waals surface area (Å²) in [6.45, 7) is 10.4. The number of nitrogens with zero attached hydrogens (tertiary/aromatic N) is 1. The highest BCUT2D eigenvalue weighted by atomic mass is 35.5. The van der Waals surface area contributed by atoms with Gasteiger partial charge in [-0.15, -0.1) is 11.6 Å². The maximum Gasteiger partial charge on any atom is 0.414 e. The highest BCUT2D eigenvalue weighted by Gasteiger charge is 2.29. The van der Waals surface area contributed by atoms with E-state index in [1.165, 1.54) is 22.7 Å². The van der Waals surface area contributed by atoms with Gasteiger partial charge in [0, 0.05) is 12.9 Å². The first-order chi connectivity index (χ1) is 11.5. The topological polar surface area (TPSA) is 29.5 Å². The van der Waals surface area contributed by atoms with Crippen LogP contribution in [0.15, 0.2) is 36.4 Å². The molecule has 2 aromatic carbocycles. The van der Waals surface area contributed by atoms with Crippen molar-refractivity contribution in [3.8, 4) is 0 Å². The molecule has 0 unspecified atom stereocenters. The van der Waals surface area contributed by atoms with E-state index in [4.69, 9.17) is 4.74 Å². The zero-order valence-corrected chi connectivity index (χ0v) is 16.3. The Hall–Kier alpha value is -1.74. The minimum Gasteiger partial charge on any atom is -0.443 e. The van der Waals surface area contributed by atoms with Gasteiger partial charge in [0.2, 0.25) is 0 Å².